The summed E-state index contributed by atoms with van der Waals surface area (Å²) in [6.07, 6.45) is 0. The number of carbonyl (C=O) groups is 1. The quantitative estimate of drug-likeness (QED) is 0.740. The zero-order valence-electron chi connectivity index (χ0n) is 13.4. The number of carbonyl (C=O) groups excluding carboxylic acids is 1. The number of nitrogens with one attached hydrogen (secondary N) is 2. The van der Waals surface area contributed by atoms with Crippen molar-refractivity contribution in [2.45, 2.75) is 11.8 Å². The number of aromatic nitrogens is 1. The number of sulfonamides is 1. The highest BCUT2D eigenvalue weighted by Crippen LogP contribution is 2.12. The number of nitrogens with zero attached hydrogens (tertiary/aromatic N) is 1. The molecule has 0 bridgehead atoms. The Balaban J connectivity index is 2.07. The second-order valence-electron chi connectivity index (χ2n) is 5.03. The number of amides is 1. The van der Waals surface area contributed by atoms with Crippen molar-refractivity contribution in [3.8, 4) is 0 Å². The van der Waals surface area contributed by atoms with Gasteiger partial charge in [-0.2, -0.15) is 0 Å². The van der Waals surface area contributed by atoms with Crippen molar-refractivity contribution in [3.63, 3.8) is 0 Å². The Morgan fingerprint density at radius 3 is 2.50 bits per heavy atom. The lowest BCUT2D eigenvalue weighted by molar-refractivity contribution is 0.102. The summed E-state index contributed by atoms with van der Waals surface area (Å²) in [4.78, 5) is 16.4. The molecule has 128 valence electrons. The van der Waals surface area contributed by atoms with E-state index in [1.165, 1.54) is 31.4 Å². The van der Waals surface area contributed by atoms with E-state index in [1.807, 2.05) is 13.0 Å². The topological polar surface area (TPSA) is 97.4 Å². The van der Waals surface area contributed by atoms with E-state index in [0.717, 1.165) is 5.69 Å². The zero-order chi connectivity index (χ0) is 17.6. The van der Waals surface area contributed by atoms with Gasteiger partial charge in [0.2, 0.25) is 10.0 Å². The van der Waals surface area contributed by atoms with E-state index >= 15 is 0 Å². The predicted molar refractivity (Wildman–Crippen MR) is 90.4 cm³/mol. The Bertz CT molecular complexity index is 804. The normalized spacial score (nSPS) is 11.2. The van der Waals surface area contributed by atoms with Crippen molar-refractivity contribution in [1.82, 2.24) is 9.71 Å². The van der Waals surface area contributed by atoms with E-state index in [-0.39, 0.29) is 24.0 Å². The fourth-order valence-electron chi connectivity index (χ4n) is 1.95. The number of anilines is 1. The average molecular weight is 349 g/mol. The molecule has 0 aliphatic rings. The minimum atomic E-state index is -3.61. The van der Waals surface area contributed by atoms with E-state index in [0.29, 0.717) is 11.4 Å². The Labute approximate surface area is 141 Å². The molecule has 0 saturated heterocycles. The molecule has 7 nitrogen and oxygen atoms in total. The molecule has 0 aliphatic heterocycles. The van der Waals surface area contributed by atoms with Gasteiger partial charge in [0.15, 0.2) is 0 Å². The van der Waals surface area contributed by atoms with E-state index < -0.39 is 10.0 Å². The third kappa shape index (κ3) is 4.85. The van der Waals surface area contributed by atoms with Gasteiger partial charge in [0.05, 0.1) is 11.5 Å². The molecule has 2 aromatic rings. The van der Waals surface area contributed by atoms with Crippen LogP contribution in [-0.4, -0.2) is 39.6 Å². The fraction of sp³-hybridized carbons (Fsp3) is 0.250. The van der Waals surface area contributed by atoms with Crippen LogP contribution in [-0.2, 0) is 14.8 Å². The number of ether oxygens (including phenoxy) is 1. The third-order valence-electron chi connectivity index (χ3n) is 3.16. The van der Waals surface area contributed by atoms with Gasteiger partial charge in [0, 0.05) is 24.9 Å². The minimum absolute atomic E-state index is 0.0869. The van der Waals surface area contributed by atoms with Crippen LogP contribution < -0.4 is 10.0 Å². The molecule has 1 amide bonds. The van der Waals surface area contributed by atoms with Crippen LogP contribution in [0, 0.1) is 6.92 Å². The van der Waals surface area contributed by atoms with Crippen molar-refractivity contribution in [1.29, 1.82) is 0 Å². The lowest BCUT2D eigenvalue weighted by Crippen LogP contribution is -2.27. The van der Waals surface area contributed by atoms with Gasteiger partial charge in [-0.05, 0) is 43.3 Å². The van der Waals surface area contributed by atoms with E-state index in [1.54, 1.807) is 12.1 Å². The summed E-state index contributed by atoms with van der Waals surface area (Å²) in [5, 5.41) is 2.67. The van der Waals surface area contributed by atoms with Gasteiger partial charge in [0.25, 0.3) is 5.91 Å². The molecule has 1 aromatic carbocycles. The Morgan fingerprint density at radius 2 is 1.88 bits per heavy atom. The van der Waals surface area contributed by atoms with Crippen molar-refractivity contribution in [2.75, 3.05) is 25.6 Å². The van der Waals surface area contributed by atoms with Crippen molar-refractivity contribution in [2.24, 2.45) is 0 Å². The second-order valence-corrected chi connectivity index (χ2v) is 6.80. The highest BCUT2D eigenvalue weighted by Gasteiger charge is 2.14. The largest absolute Gasteiger partial charge is 0.383 e. The van der Waals surface area contributed by atoms with Crippen LogP contribution in [0.15, 0.2) is 47.4 Å². The van der Waals surface area contributed by atoms with E-state index in [9.17, 15) is 13.2 Å². The summed E-state index contributed by atoms with van der Waals surface area (Å²) in [7, 11) is -2.12. The molecule has 1 aromatic heterocycles. The molecule has 1 heterocycles. The first-order chi connectivity index (χ1) is 11.4. The molecular formula is C16H19N3O4S. The zero-order valence-corrected chi connectivity index (χ0v) is 14.3. The van der Waals surface area contributed by atoms with Crippen LogP contribution in [0.5, 0.6) is 0 Å². The molecule has 8 heteroatoms. The smallest absolute Gasteiger partial charge is 0.256 e. The second kappa shape index (κ2) is 8.00. The monoisotopic (exact) mass is 349 g/mol. The maximum Gasteiger partial charge on any atom is 0.256 e. The SMILES string of the molecule is COCCNS(=O)(=O)c1ccc(C(=O)Nc2cccc(C)n2)cc1. The molecule has 0 atom stereocenters. The molecule has 2 rings (SSSR count). The van der Waals surface area contributed by atoms with Gasteiger partial charge in [-0.3, -0.25) is 4.79 Å². The van der Waals surface area contributed by atoms with Crippen molar-refractivity contribution in [3.05, 3.63) is 53.7 Å². The van der Waals surface area contributed by atoms with Gasteiger partial charge in [-0.25, -0.2) is 18.1 Å². The first-order valence-corrected chi connectivity index (χ1v) is 8.74. The molecule has 0 fully saturated rings. The maximum absolute atomic E-state index is 12.2. The third-order valence-corrected chi connectivity index (χ3v) is 4.63. The number of rotatable bonds is 7. The van der Waals surface area contributed by atoms with Gasteiger partial charge in [-0.15, -0.1) is 0 Å². The molecule has 0 spiro atoms. The Hall–Kier alpha value is -2.29. The Kier molecular flexibility index (Phi) is 6.02. The van der Waals surface area contributed by atoms with Crippen LogP contribution in [0.25, 0.3) is 0 Å². The van der Waals surface area contributed by atoms with Crippen molar-refractivity contribution < 1.29 is 17.9 Å². The van der Waals surface area contributed by atoms with Gasteiger partial charge in [0.1, 0.15) is 5.82 Å². The summed E-state index contributed by atoms with van der Waals surface area (Å²) in [6, 6.07) is 11.0. The Morgan fingerprint density at radius 1 is 1.17 bits per heavy atom. The van der Waals surface area contributed by atoms with Gasteiger partial charge < -0.3 is 10.1 Å². The lowest BCUT2D eigenvalue weighted by atomic mass is 10.2. The highest BCUT2D eigenvalue weighted by molar-refractivity contribution is 7.89. The molecule has 0 saturated carbocycles. The lowest BCUT2D eigenvalue weighted by Gasteiger charge is -2.08. The number of pyridine rings is 1. The summed E-state index contributed by atoms with van der Waals surface area (Å²) in [6.45, 7) is 2.29. The number of hydrogen-bond donors (Lipinski definition) is 2. The van der Waals surface area contributed by atoms with Crippen LogP contribution in [0.2, 0.25) is 0 Å². The first-order valence-electron chi connectivity index (χ1n) is 7.26. The first kappa shape index (κ1) is 18.1. The molecular weight excluding hydrogens is 330 g/mol. The number of aryl methyl sites for hydroxylation is 1. The summed E-state index contributed by atoms with van der Waals surface area (Å²) < 4.78 is 31.3. The van der Waals surface area contributed by atoms with Crippen LogP contribution >= 0.6 is 0 Å². The number of methoxy groups -OCH3 is 1. The molecule has 24 heavy (non-hydrogen) atoms. The van der Waals surface area contributed by atoms with E-state index in [4.69, 9.17) is 4.74 Å². The summed E-state index contributed by atoms with van der Waals surface area (Å²) in [5.74, 6) is 0.0855. The number of hydrogen-bond acceptors (Lipinski definition) is 5. The molecule has 2 N–H and O–H groups in total. The van der Waals surface area contributed by atoms with Crippen LogP contribution in [0.4, 0.5) is 5.82 Å². The number of benzene rings is 1. The fourth-order valence-corrected chi connectivity index (χ4v) is 2.96. The predicted octanol–water partition coefficient (Wildman–Crippen LogP) is 1.57. The minimum Gasteiger partial charge on any atom is -0.383 e. The average Bonchev–Trinajstić information content (AvgIpc) is 2.55. The van der Waals surface area contributed by atoms with Crippen molar-refractivity contribution >= 4 is 21.7 Å². The maximum atomic E-state index is 12.2. The standard InChI is InChI=1S/C16H19N3O4S/c1-12-4-3-5-15(18-12)19-16(20)13-6-8-14(9-7-13)24(21,22)17-10-11-23-2/h3-9,17H,10-11H2,1-2H3,(H,18,19,20). The summed E-state index contributed by atoms with van der Waals surface area (Å²) >= 11 is 0. The molecule has 0 aliphatic carbocycles. The van der Waals surface area contributed by atoms with Gasteiger partial charge in [-0.1, -0.05) is 6.07 Å². The molecule has 0 radical (unpaired) electrons. The van der Waals surface area contributed by atoms with Gasteiger partial charge >= 0.3 is 0 Å². The summed E-state index contributed by atoms with van der Waals surface area (Å²) in [5.41, 5.74) is 1.13. The van der Waals surface area contributed by atoms with Crippen LogP contribution in [0.3, 0.4) is 0 Å². The van der Waals surface area contributed by atoms with E-state index in [2.05, 4.69) is 15.0 Å². The highest BCUT2D eigenvalue weighted by atomic mass is 32.2. The molecule has 0 unspecified atom stereocenters. The van der Waals surface area contributed by atoms with Crippen LogP contribution in [0.1, 0.15) is 16.1 Å².